The van der Waals surface area contributed by atoms with E-state index in [9.17, 15) is 8.78 Å². The lowest BCUT2D eigenvalue weighted by molar-refractivity contribution is 0.395. The van der Waals surface area contributed by atoms with Crippen LogP contribution in [0.4, 0.5) is 14.5 Å². The third kappa shape index (κ3) is 3.11. The molecule has 3 nitrogen and oxygen atoms in total. The van der Waals surface area contributed by atoms with E-state index in [0.717, 1.165) is 12.1 Å². The molecule has 2 rings (SSSR count). The number of aromatic hydroxyl groups is 1. The lowest BCUT2D eigenvalue weighted by Crippen LogP contribution is -2.01. The zero-order valence-corrected chi connectivity index (χ0v) is 11.3. The van der Waals surface area contributed by atoms with Crippen molar-refractivity contribution in [3.05, 3.63) is 52.6 Å². The molecule has 0 spiro atoms. The van der Waals surface area contributed by atoms with Crippen LogP contribution in [0.15, 0.2) is 30.3 Å². The summed E-state index contributed by atoms with van der Waals surface area (Å²) >= 11 is 5.89. The summed E-state index contributed by atoms with van der Waals surface area (Å²) in [5, 5.41) is 12.5. The molecule has 0 saturated carbocycles. The SMILES string of the molecule is COc1cc(NCc2cc(F)c(O)c(F)c2)ccc1Cl. The quantitative estimate of drug-likeness (QED) is 0.898. The first kappa shape index (κ1) is 14.4. The highest BCUT2D eigenvalue weighted by Gasteiger charge is 2.09. The van der Waals surface area contributed by atoms with Crippen molar-refractivity contribution in [1.82, 2.24) is 0 Å². The Morgan fingerprint density at radius 1 is 1.20 bits per heavy atom. The Labute approximate surface area is 119 Å². The summed E-state index contributed by atoms with van der Waals surface area (Å²) in [6.45, 7) is 0.193. The van der Waals surface area contributed by atoms with Crippen LogP contribution in [0, 0.1) is 11.6 Å². The van der Waals surface area contributed by atoms with Crippen molar-refractivity contribution in [3.63, 3.8) is 0 Å². The van der Waals surface area contributed by atoms with Gasteiger partial charge in [-0.05, 0) is 29.8 Å². The number of halogens is 3. The van der Waals surface area contributed by atoms with Gasteiger partial charge in [0.1, 0.15) is 5.75 Å². The maximum absolute atomic E-state index is 13.2. The molecule has 0 amide bonds. The number of phenols is 1. The number of hydrogen-bond donors (Lipinski definition) is 2. The maximum atomic E-state index is 13.2. The highest BCUT2D eigenvalue weighted by atomic mass is 35.5. The van der Waals surface area contributed by atoms with Gasteiger partial charge >= 0.3 is 0 Å². The Morgan fingerprint density at radius 3 is 2.45 bits per heavy atom. The third-order valence-corrected chi connectivity index (χ3v) is 3.04. The fourth-order valence-corrected chi connectivity index (χ4v) is 1.89. The number of anilines is 1. The fourth-order valence-electron chi connectivity index (χ4n) is 1.69. The number of nitrogens with one attached hydrogen (secondary N) is 1. The number of methoxy groups -OCH3 is 1. The van der Waals surface area contributed by atoms with E-state index >= 15 is 0 Å². The summed E-state index contributed by atoms with van der Waals surface area (Å²) in [5.74, 6) is -2.45. The number of ether oxygens (including phenoxy) is 1. The maximum Gasteiger partial charge on any atom is 0.187 e. The van der Waals surface area contributed by atoms with E-state index in [4.69, 9.17) is 21.4 Å². The van der Waals surface area contributed by atoms with Crippen LogP contribution in [0.2, 0.25) is 5.02 Å². The monoisotopic (exact) mass is 299 g/mol. The molecule has 20 heavy (non-hydrogen) atoms. The summed E-state index contributed by atoms with van der Waals surface area (Å²) in [6, 6.07) is 7.19. The van der Waals surface area contributed by atoms with E-state index in [0.29, 0.717) is 22.0 Å². The highest BCUT2D eigenvalue weighted by molar-refractivity contribution is 6.32. The Morgan fingerprint density at radius 2 is 1.85 bits per heavy atom. The van der Waals surface area contributed by atoms with Gasteiger partial charge in [0.05, 0.1) is 12.1 Å². The zero-order chi connectivity index (χ0) is 14.7. The minimum Gasteiger partial charge on any atom is -0.503 e. The van der Waals surface area contributed by atoms with Gasteiger partial charge in [-0.15, -0.1) is 0 Å². The van der Waals surface area contributed by atoms with Crippen molar-refractivity contribution in [1.29, 1.82) is 0 Å². The van der Waals surface area contributed by atoms with Gasteiger partial charge in [-0.3, -0.25) is 0 Å². The average molecular weight is 300 g/mol. The largest absolute Gasteiger partial charge is 0.503 e. The van der Waals surface area contributed by atoms with Crippen LogP contribution in [-0.2, 0) is 6.54 Å². The van der Waals surface area contributed by atoms with Crippen LogP contribution in [0.5, 0.6) is 11.5 Å². The predicted molar refractivity (Wildman–Crippen MR) is 73.4 cm³/mol. The van der Waals surface area contributed by atoms with Crippen LogP contribution in [0.3, 0.4) is 0 Å². The van der Waals surface area contributed by atoms with Gasteiger partial charge < -0.3 is 15.2 Å². The number of hydrogen-bond acceptors (Lipinski definition) is 3. The number of phenolic OH excluding ortho intramolecular Hbond substituents is 1. The first-order valence-corrected chi connectivity index (χ1v) is 6.13. The zero-order valence-electron chi connectivity index (χ0n) is 10.6. The van der Waals surface area contributed by atoms with E-state index in [2.05, 4.69) is 5.32 Å². The van der Waals surface area contributed by atoms with E-state index in [1.807, 2.05) is 0 Å². The topological polar surface area (TPSA) is 41.5 Å². The fraction of sp³-hybridized carbons (Fsp3) is 0.143. The predicted octanol–water partition coefficient (Wildman–Crippen LogP) is 3.94. The van der Waals surface area contributed by atoms with Crippen LogP contribution in [0.25, 0.3) is 0 Å². The summed E-state index contributed by atoms with van der Waals surface area (Å²) < 4.78 is 31.4. The van der Waals surface area contributed by atoms with Gasteiger partial charge in [-0.25, -0.2) is 8.78 Å². The molecular weight excluding hydrogens is 288 g/mol. The average Bonchev–Trinajstić information content (AvgIpc) is 2.43. The van der Waals surface area contributed by atoms with Crippen LogP contribution < -0.4 is 10.1 Å². The van der Waals surface area contributed by atoms with Gasteiger partial charge in [0.15, 0.2) is 17.4 Å². The molecule has 0 unspecified atom stereocenters. The second-order valence-corrected chi connectivity index (χ2v) is 4.52. The lowest BCUT2D eigenvalue weighted by Gasteiger charge is -2.10. The molecule has 0 radical (unpaired) electrons. The Balaban J connectivity index is 2.13. The molecule has 2 N–H and O–H groups in total. The molecule has 0 bridgehead atoms. The first-order chi connectivity index (χ1) is 9.51. The standard InChI is InChI=1S/C14H12ClF2NO2/c1-20-13-6-9(2-3-10(13)15)18-7-8-4-11(16)14(19)12(17)5-8/h2-6,18-19H,7H2,1H3. The Hall–Kier alpha value is -2.01. The summed E-state index contributed by atoms with van der Waals surface area (Å²) in [4.78, 5) is 0. The normalized spacial score (nSPS) is 10.4. The molecule has 0 saturated heterocycles. The molecule has 0 aliphatic carbocycles. The van der Waals surface area contributed by atoms with E-state index < -0.39 is 17.4 Å². The molecule has 106 valence electrons. The van der Waals surface area contributed by atoms with E-state index in [-0.39, 0.29) is 6.54 Å². The lowest BCUT2D eigenvalue weighted by atomic mass is 10.2. The van der Waals surface area contributed by atoms with Crippen LogP contribution in [0.1, 0.15) is 5.56 Å². The second kappa shape index (κ2) is 5.96. The molecule has 0 aliphatic rings. The molecule has 6 heteroatoms. The van der Waals surface area contributed by atoms with Crippen LogP contribution >= 0.6 is 11.6 Å². The van der Waals surface area contributed by atoms with Gasteiger partial charge in [-0.1, -0.05) is 11.6 Å². The molecule has 0 atom stereocenters. The Bertz CT molecular complexity index is 612. The summed E-state index contributed by atoms with van der Waals surface area (Å²) in [7, 11) is 1.50. The highest BCUT2D eigenvalue weighted by Crippen LogP contribution is 2.28. The van der Waals surface area contributed by atoms with Gasteiger partial charge in [0.25, 0.3) is 0 Å². The minimum atomic E-state index is -0.990. The molecule has 0 heterocycles. The second-order valence-electron chi connectivity index (χ2n) is 4.11. The van der Waals surface area contributed by atoms with Crippen molar-refractivity contribution >= 4 is 17.3 Å². The van der Waals surface area contributed by atoms with E-state index in [1.54, 1.807) is 18.2 Å². The van der Waals surface area contributed by atoms with Gasteiger partial charge in [0.2, 0.25) is 0 Å². The van der Waals surface area contributed by atoms with Crippen molar-refractivity contribution < 1.29 is 18.6 Å². The van der Waals surface area contributed by atoms with Crippen molar-refractivity contribution in [2.45, 2.75) is 6.54 Å². The molecule has 0 fully saturated rings. The number of benzene rings is 2. The molecule has 0 aliphatic heterocycles. The Kier molecular flexibility index (Phi) is 4.29. The van der Waals surface area contributed by atoms with Crippen LogP contribution in [-0.4, -0.2) is 12.2 Å². The van der Waals surface area contributed by atoms with Crippen molar-refractivity contribution in [2.24, 2.45) is 0 Å². The third-order valence-electron chi connectivity index (χ3n) is 2.72. The molecular formula is C14H12ClF2NO2. The smallest absolute Gasteiger partial charge is 0.187 e. The number of rotatable bonds is 4. The molecule has 0 aromatic heterocycles. The van der Waals surface area contributed by atoms with Gasteiger partial charge in [-0.2, -0.15) is 0 Å². The van der Waals surface area contributed by atoms with Crippen molar-refractivity contribution in [2.75, 3.05) is 12.4 Å². The molecule has 2 aromatic carbocycles. The summed E-state index contributed by atoms with van der Waals surface area (Å²) in [6.07, 6.45) is 0. The van der Waals surface area contributed by atoms with Gasteiger partial charge in [0, 0.05) is 18.3 Å². The van der Waals surface area contributed by atoms with E-state index in [1.165, 1.54) is 7.11 Å². The molecule has 2 aromatic rings. The minimum absolute atomic E-state index is 0.193. The summed E-state index contributed by atoms with van der Waals surface area (Å²) in [5.41, 5.74) is 1.06. The van der Waals surface area contributed by atoms with Crippen molar-refractivity contribution in [3.8, 4) is 11.5 Å². The first-order valence-electron chi connectivity index (χ1n) is 5.75.